The van der Waals surface area contributed by atoms with Crippen molar-refractivity contribution in [3.05, 3.63) is 22.7 Å². The lowest BCUT2D eigenvalue weighted by molar-refractivity contribution is 0.262. The maximum Gasteiger partial charge on any atom is 0.220 e. The monoisotopic (exact) mass is 317 g/mol. The lowest BCUT2D eigenvalue weighted by Gasteiger charge is -2.15. The van der Waals surface area contributed by atoms with Gasteiger partial charge in [-0.2, -0.15) is 0 Å². The predicted molar refractivity (Wildman–Crippen MR) is 81.3 cm³/mol. The quantitative estimate of drug-likeness (QED) is 0.770. The van der Waals surface area contributed by atoms with Gasteiger partial charge in [0, 0.05) is 0 Å². The zero-order chi connectivity index (χ0) is 14.8. The zero-order valence-electron chi connectivity index (χ0n) is 11.7. The minimum Gasteiger partial charge on any atom is -0.489 e. The van der Waals surface area contributed by atoms with Gasteiger partial charge in [-0.1, -0.05) is 11.6 Å². The third kappa shape index (κ3) is 3.20. The van der Waals surface area contributed by atoms with Crippen LogP contribution in [0.2, 0.25) is 5.02 Å². The van der Waals surface area contributed by atoms with E-state index in [-0.39, 0.29) is 12.1 Å². The molecule has 0 bridgehead atoms. The first kappa shape index (κ1) is 15.4. The van der Waals surface area contributed by atoms with Crippen molar-refractivity contribution in [3.63, 3.8) is 0 Å². The van der Waals surface area contributed by atoms with Gasteiger partial charge in [0.25, 0.3) is 0 Å². The normalized spacial score (nSPS) is 16.8. The van der Waals surface area contributed by atoms with E-state index in [1.54, 1.807) is 12.1 Å². The molecule has 0 unspecified atom stereocenters. The van der Waals surface area contributed by atoms with Gasteiger partial charge >= 0.3 is 0 Å². The maximum absolute atomic E-state index is 12.4. The fraction of sp³-hybridized carbons (Fsp3) is 0.500. The Morgan fingerprint density at radius 2 is 2.25 bits per heavy atom. The van der Waals surface area contributed by atoms with Gasteiger partial charge in [-0.25, -0.2) is 9.38 Å². The van der Waals surface area contributed by atoms with Crippen molar-refractivity contribution in [2.75, 3.05) is 26.1 Å². The van der Waals surface area contributed by atoms with E-state index in [1.165, 1.54) is 11.8 Å². The first-order chi connectivity index (χ1) is 9.48. The first-order valence-electron chi connectivity index (χ1n) is 6.27. The van der Waals surface area contributed by atoms with Crippen LogP contribution in [0.25, 0.3) is 0 Å². The SMILES string of the molecule is CSc1c(Cl)ccc(C2=NC(C)(C)CO2)c1OCCF. The Bertz CT molecular complexity index is 534. The molecule has 0 spiro atoms. The van der Waals surface area contributed by atoms with E-state index < -0.39 is 6.67 Å². The van der Waals surface area contributed by atoms with E-state index in [4.69, 9.17) is 21.1 Å². The summed E-state index contributed by atoms with van der Waals surface area (Å²) in [6, 6.07) is 3.58. The summed E-state index contributed by atoms with van der Waals surface area (Å²) in [6.07, 6.45) is 1.90. The summed E-state index contributed by atoms with van der Waals surface area (Å²) in [6.45, 7) is 3.93. The molecule has 0 saturated carbocycles. The van der Waals surface area contributed by atoms with Crippen LogP contribution in [0.5, 0.6) is 5.75 Å². The molecule has 0 fully saturated rings. The summed E-state index contributed by atoms with van der Waals surface area (Å²) in [5.41, 5.74) is 0.462. The van der Waals surface area contributed by atoms with Gasteiger partial charge in [0.05, 0.1) is 21.0 Å². The van der Waals surface area contributed by atoms with Crippen LogP contribution >= 0.6 is 23.4 Å². The van der Waals surface area contributed by atoms with Gasteiger partial charge in [0.15, 0.2) is 0 Å². The number of benzene rings is 1. The Hall–Kier alpha value is -0.940. The molecule has 0 aliphatic carbocycles. The largest absolute Gasteiger partial charge is 0.489 e. The van der Waals surface area contributed by atoms with Crippen molar-refractivity contribution in [2.45, 2.75) is 24.3 Å². The topological polar surface area (TPSA) is 30.8 Å². The van der Waals surface area contributed by atoms with Gasteiger partial charge in [-0.05, 0) is 32.2 Å². The van der Waals surface area contributed by atoms with Crippen molar-refractivity contribution < 1.29 is 13.9 Å². The van der Waals surface area contributed by atoms with Crippen molar-refractivity contribution >= 4 is 29.3 Å². The van der Waals surface area contributed by atoms with E-state index in [0.29, 0.717) is 23.3 Å². The zero-order valence-corrected chi connectivity index (χ0v) is 13.3. The van der Waals surface area contributed by atoms with Gasteiger partial charge < -0.3 is 9.47 Å². The van der Waals surface area contributed by atoms with Gasteiger partial charge in [-0.3, -0.25) is 0 Å². The van der Waals surface area contributed by atoms with Crippen LogP contribution in [-0.4, -0.2) is 37.6 Å². The molecular formula is C14H17ClFNO2S. The Kier molecular flexibility index (Phi) is 4.81. The highest BCUT2D eigenvalue weighted by Crippen LogP contribution is 2.39. The molecule has 6 heteroatoms. The van der Waals surface area contributed by atoms with Crippen molar-refractivity contribution in [1.29, 1.82) is 0 Å². The molecule has 2 rings (SSSR count). The molecule has 110 valence electrons. The second kappa shape index (κ2) is 6.22. The number of aliphatic imine (C=N–C) groups is 1. The fourth-order valence-electron chi connectivity index (χ4n) is 1.90. The molecule has 1 aliphatic heterocycles. The number of hydrogen-bond donors (Lipinski definition) is 0. The predicted octanol–water partition coefficient (Wildman–Crippen LogP) is 3.97. The summed E-state index contributed by atoms with van der Waals surface area (Å²) in [5, 5.41) is 0.577. The molecule has 1 aromatic rings. The van der Waals surface area contributed by atoms with Crippen molar-refractivity contribution in [1.82, 2.24) is 0 Å². The third-order valence-corrected chi connectivity index (χ3v) is 4.03. The number of alkyl halides is 1. The molecule has 3 nitrogen and oxygen atoms in total. The molecule has 0 N–H and O–H groups in total. The fourth-order valence-corrected chi connectivity index (χ4v) is 2.90. The van der Waals surface area contributed by atoms with E-state index in [0.717, 1.165) is 10.5 Å². The highest BCUT2D eigenvalue weighted by molar-refractivity contribution is 7.98. The van der Waals surface area contributed by atoms with Gasteiger partial charge in [-0.15, -0.1) is 11.8 Å². The Morgan fingerprint density at radius 3 is 2.80 bits per heavy atom. The Labute approximate surface area is 127 Å². The average Bonchev–Trinajstić information content (AvgIpc) is 2.76. The average molecular weight is 318 g/mol. The second-order valence-electron chi connectivity index (χ2n) is 5.01. The van der Waals surface area contributed by atoms with Crippen LogP contribution in [0.1, 0.15) is 19.4 Å². The summed E-state index contributed by atoms with van der Waals surface area (Å²) in [5.74, 6) is 1.06. The molecule has 0 aromatic heterocycles. The lowest BCUT2D eigenvalue weighted by Crippen LogP contribution is -2.17. The summed E-state index contributed by atoms with van der Waals surface area (Å²) < 4.78 is 23.6. The third-order valence-electron chi connectivity index (χ3n) is 2.79. The Balaban J connectivity index is 2.47. The Morgan fingerprint density at radius 1 is 1.50 bits per heavy atom. The lowest BCUT2D eigenvalue weighted by atomic mass is 10.1. The minimum absolute atomic E-state index is 0.0163. The number of nitrogens with zero attached hydrogens (tertiary/aromatic N) is 1. The number of hydrogen-bond acceptors (Lipinski definition) is 4. The summed E-state index contributed by atoms with van der Waals surface area (Å²) in [4.78, 5) is 5.30. The summed E-state index contributed by atoms with van der Waals surface area (Å²) in [7, 11) is 0. The number of thioether (sulfide) groups is 1. The number of ether oxygens (including phenoxy) is 2. The standard InChI is InChI=1S/C14H17ClFNO2S/c1-14(2)8-19-13(17-14)9-4-5-10(15)12(20-3)11(9)18-7-6-16/h4-5H,6-8H2,1-3H3. The van der Waals surface area contributed by atoms with Crippen LogP contribution in [0, 0.1) is 0 Å². The van der Waals surface area contributed by atoms with Gasteiger partial charge in [0.2, 0.25) is 5.90 Å². The van der Waals surface area contributed by atoms with Crippen LogP contribution in [-0.2, 0) is 4.74 Å². The molecule has 0 radical (unpaired) electrons. The molecule has 0 atom stereocenters. The number of halogens is 2. The van der Waals surface area contributed by atoms with Crippen LogP contribution in [0.3, 0.4) is 0 Å². The van der Waals surface area contributed by atoms with Gasteiger partial charge in [0.1, 0.15) is 25.6 Å². The first-order valence-corrected chi connectivity index (χ1v) is 7.87. The smallest absolute Gasteiger partial charge is 0.220 e. The van der Waals surface area contributed by atoms with Crippen molar-refractivity contribution in [3.8, 4) is 5.75 Å². The molecule has 0 amide bonds. The molecule has 1 heterocycles. The number of rotatable bonds is 5. The van der Waals surface area contributed by atoms with Crippen LogP contribution in [0.4, 0.5) is 4.39 Å². The molecule has 1 aliphatic rings. The minimum atomic E-state index is -0.557. The van der Waals surface area contributed by atoms with E-state index in [1.807, 2.05) is 20.1 Å². The van der Waals surface area contributed by atoms with E-state index in [2.05, 4.69) is 4.99 Å². The molecular weight excluding hydrogens is 301 g/mol. The highest BCUT2D eigenvalue weighted by Gasteiger charge is 2.29. The molecule has 1 aromatic carbocycles. The molecule has 0 saturated heterocycles. The summed E-state index contributed by atoms with van der Waals surface area (Å²) >= 11 is 7.62. The van der Waals surface area contributed by atoms with E-state index in [9.17, 15) is 4.39 Å². The van der Waals surface area contributed by atoms with Crippen molar-refractivity contribution in [2.24, 2.45) is 4.99 Å². The van der Waals surface area contributed by atoms with Crippen LogP contribution in [0.15, 0.2) is 22.0 Å². The molecule has 20 heavy (non-hydrogen) atoms. The van der Waals surface area contributed by atoms with Crippen LogP contribution < -0.4 is 4.74 Å². The maximum atomic E-state index is 12.4. The van der Waals surface area contributed by atoms with E-state index >= 15 is 0 Å². The second-order valence-corrected chi connectivity index (χ2v) is 6.24. The highest BCUT2D eigenvalue weighted by atomic mass is 35.5.